The van der Waals surface area contributed by atoms with E-state index in [2.05, 4.69) is 22.3 Å². The zero-order valence-electron chi connectivity index (χ0n) is 12.9. The number of likely N-dealkylation sites (tertiary alicyclic amines) is 1. The molecule has 2 heterocycles. The van der Waals surface area contributed by atoms with E-state index in [1.807, 2.05) is 6.07 Å². The summed E-state index contributed by atoms with van der Waals surface area (Å²) in [5, 5.41) is 3.40. The van der Waals surface area contributed by atoms with Crippen LogP contribution in [0.4, 0.5) is 5.69 Å². The van der Waals surface area contributed by atoms with Crippen molar-refractivity contribution in [1.29, 1.82) is 0 Å². The molecule has 3 nitrogen and oxygen atoms in total. The highest BCUT2D eigenvalue weighted by Gasteiger charge is 2.14. The van der Waals surface area contributed by atoms with Gasteiger partial charge in [-0.1, -0.05) is 12.8 Å². The number of Topliss-reactive ketones (excluding diaryl/α,β-unsaturated/α-hetero) is 1. The molecule has 0 saturated carbocycles. The fourth-order valence-corrected chi connectivity index (χ4v) is 3.41. The number of benzene rings is 1. The minimum Gasteiger partial charge on any atom is -0.385 e. The Morgan fingerprint density at radius 2 is 1.90 bits per heavy atom. The van der Waals surface area contributed by atoms with Crippen molar-refractivity contribution in [1.82, 2.24) is 4.90 Å². The van der Waals surface area contributed by atoms with Crippen molar-refractivity contribution in [3.8, 4) is 0 Å². The summed E-state index contributed by atoms with van der Waals surface area (Å²) < 4.78 is 0. The van der Waals surface area contributed by atoms with Crippen LogP contribution in [-0.4, -0.2) is 36.9 Å². The Labute approximate surface area is 127 Å². The molecule has 0 spiro atoms. The van der Waals surface area contributed by atoms with Crippen LogP contribution < -0.4 is 5.32 Å². The van der Waals surface area contributed by atoms with E-state index >= 15 is 0 Å². The first kappa shape index (κ1) is 14.6. The van der Waals surface area contributed by atoms with Crippen LogP contribution in [0.15, 0.2) is 18.2 Å². The molecule has 2 aliphatic rings. The number of fused-ring (bicyclic) bond motifs is 1. The van der Waals surface area contributed by atoms with Gasteiger partial charge in [0.1, 0.15) is 0 Å². The van der Waals surface area contributed by atoms with Crippen molar-refractivity contribution in [3.05, 3.63) is 29.3 Å². The minimum atomic E-state index is 0.299. The van der Waals surface area contributed by atoms with Gasteiger partial charge in [0.15, 0.2) is 5.78 Å². The van der Waals surface area contributed by atoms with E-state index in [1.54, 1.807) is 0 Å². The molecule has 1 aromatic carbocycles. The maximum absolute atomic E-state index is 12.4. The molecule has 1 N–H and O–H groups in total. The number of carbonyl (C=O) groups excluding carboxylic acids is 1. The third kappa shape index (κ3) is 3.85. The zero-order valence-corrected chi connectivity index (χ0v) is 12.9. The molecule has 0 atom stereocenters. The first-order chi connectivity index (χ1) is 10.3. The molecule has 0 unspecified atom stereocenters. The van der Waals surface area contributed by atoms with E-state index in [9.17, 15) is 4.79 Å². The van der Waals surface area contributed by atoms with Gasteiger partial charge in [0.2, 0.25) is 0 Å². The van der Waals surface area contributed by atoms with Gasteiger partial charge < -0.3 is 10.2 Å². The number of anilines is 1. The van der Waals surface area contributed by atoms with Crippen LogP contribution in [0.25, 0.3) is 0 Å². The first-order valence-electron chi connectivity index (χ1n) is 8.45. The Hall–Kier alpha value is -1.35. The molecule has 1 fully saturated rings. The van der Waals surface area contributed by atoms with Gasteiger partial charge in [-0.05, 0) is 62.5 Å². The number of nitrogens with zero attached hydrogens (tertiary/aromatic N) is 1. The van der Waals surface area contributed by atoms with Gasteiger partial charge in [-0.15, -0.1) is 0 Å². The largest absolute Gasteiger partial charge is 0.385 e. The average molecular weight is 286 g/mol. The molecule has 1 aromatic rings. The molecular formula is C18H26N2O. The van der Waals surface area contributed by atoms with E-state index in [0.717, 1.165) is 25.1 Å². The number of ketones is 1. The van der Waals surface area contributed by atoms with Gasteiger partial charge in [0.25, 0.3) is 0 Å². The molecule has 0 bridgehead atoms. The number of hydrogen-bond donors (Lipinski definition) is 1. The van der Waals surface area contributed by atoms with Crippen LogP contribution in [0.1, 0.15) is 54.4 Å². The molecule has 21 heavy (non-hydrogen) atoms. The number of aryl methyl sites for hydroxylation is 1. The van der Waals surface area contributed by atoms with Crippen molar-refractivity contribution in [3.63, 3.8) is 0 Å². The van der Waals surface area contributed by atoms with Crippen molar-refractivity contribution >= 4 is 11.5 Å². The van der Waals surface area contributed by atoms with E-state index < -0.39 is 0 Å². The Morgan fingerprint density at radius 1 is 1.10 bits per heavy atom. The van der Waals surface area contributed by atoms with Crippen molar-refractivity contribution < 1.29 is 4.79 Å². The summed E-state index contributed by atoms with van der Waals surface area (Å²) in [6.45, 7) is 4.31. The van der Waals surface area contributed by atoms with Crippen LogP contribution in [-0.2, 0) is 6.42 Å². The lowest BCUT2D eigenvalue weighted by atomic mass is 9.98. The summed E-state index contributed by atoms with van der Waals surface area (Å²) in [6.07, 6.45) is 8.20. The molecule has 0 radical (unpaired) electrons. The lowest BCUT2D eigenvalue weighted by Crippen LogP contribution is -2.27. The molecule has 0 aliphatic carbocycles. The summed E-state index contributed by atoms with van der Waals surface area (Å²) >= 11 is 0. The van der Waals surface area contributed by atoms with E-state index in [4.69, 9.17) is 0 Å². The molecule has 114 valence electrons. The zero-order chi connectivity index (χ0) is 14.5. The standard InChI is InChI=1S/C18H26N2O/c21-18(9-13-20-11-3-1-2-4-12-20)16-7-8-17-15(14-16)6-5-10-19-17/h7-8,14,19H,1-6,9-13H2. The lowest BCUT2D eigenvalue weighted by molar-refractivity contribution is 0.0965. The Kier molecular flexibility index (Phi) is 4.91. The topological polar surface area (TPSA) is 32.3 Å². The predicted octanol–water partition coefficient (Wildman–Crippen LogP) is 3.49. The van der Waals surface area contributed by atoms with Gasteiger partial charge in [0.05, 0.1) is 0 Å². The Bertz CT molecular complexity index is 490. The quantitative estimate of drug-likeness (QED) is 0.860. The molecule has 3 rings (SSSR count). The second kappa shape index (κ2) is 7.08. The van der Waals surface area contributed by atoms with Gasteiger partial charge >= 0.3 is 0 Å². The van der Waals surface area contributed by atoms with Crippen molar-refractivity contribution in [2.45, 2.75) is 44.9 Å². The molecule has 2 aliphatic heterocycles. The van der Waals surface area contributed by atoms with Crippen LogP contribution >= 0.6 is 0 Å². The Balaban J connectivity index is 1.57. The van der Waals surface area contributed by atoms with Gasteiger partial charge in [-0.3, -0.25) is 4.79 Å². The summed E-state index contributed by atoms with van der Waals surface area (Å²) in [6, 6.07) is 6.17. The third-order valence-corrected chi connectivity index (χ3v) is 4.72. The molecular weight excluding hydrogens is 260 g/mol. The minimum absolute atomic E-state index is 0.299. The van der Waals surface area contributed by atoms with Gasteiger partial charge in [0, 0.05) is 30.8 Å². The SMILES string of the molecule is O=C(CCN1CCCCCC1)c1ccc2c(c1)CCCN2. The van der Waals surface area contributed by atoms with Crippen LogP contribution in [0.5, 0.6) is 0 Å². The van der Waals surface area contributed by atoms with Gasteiger partial charge in [-0.2, -0.15) is 0 Å². The lowest BCUT2D eigenvalue weighted by Gasteiger charge is -2.20. The number of rotatable bonds is 4. The van der Waals surface area contributed by atoms with Gasteiger partial charge in [-0.25, -0.2) is 0 Å². The fraction of sp³-hybridized carbons (Fsp3) is 0.611. The number of nitrogens with one attached hydrogen (secondary N) is 1. The molecule has 1 saturated heterocycles. The number of carbonyl (C=O) groups is 1. The highest BCUT2D eigenvalue weighted by atomic mass is 16.1. The monoisotopic (exact) mass is 286 g/mol. The van der Waals surface area contributed by atoms with E-state index in [-0.39, 0.29) is 0 Å². The Morgan fingerprint density at radius 3 is 2.71 bits per heavy atom. The maximum Gasteiger partial charge on any atom is 0.164 e. The second-order valence-corrected chi connectivity index (χ2v) is 6.33. The first-order valence-corrected chi connectivity index (χ1v) is 8.45. The molecule has 0 amide bonds. The summed E-state index contributed by atoms with van der Waals surface area (Å²) in [7, 11) is 0. The number of hydrogen-bond acceptors (Lipinski definition) is 3. The van der Waals surface area contributed by atoms with E-state index in [1.165, 1.54) is 56.4 Å². The highest BCUT2D eigenvalue weighted by Crippen LogP contribution is 2.23. The van der Waals surface area contributed by atoms with Crippen LogP contribution in [0, 0.1) is 0 Å². The maximum atomic E-state index is 12.4. The summed E-state index contributed by atoms with van der Waals surface area (Å²) in [5.41, 5.74) is 3.42. The summed E-state index contributed by atoms with van der Waals surface area (Å²) in [5.74, 6) is 0.299. The predicted molar refractivity (Wildman–Crippen MR) is 87.1 cm³/mol. The summed E-state index contributed by atoms with van der Waals surface area (Å²) in [4.78, 5) is 14.9. The van der Waals surface area contributed by atoms with Crippen LogP contribution in [0.2, 0.25) is 0 Å². The third-order valence-electron chi connectivity index (χ3n) is 4.72. The second-order valence-electron chi connectivity index (χ2n) is 6.33. The van der Waals surface area contributed by atoms with Crippen molar-refractivity contribution in [2.24, 2.45) is 0 Å². The fourth-order valence-electron chi connectivity index (χ4n) is 3.41. The normalized spacial score (nSPS) is 19.4. The average Bonchev–Trinajstić information content (AvgIpc) is 2.81. The highest BCUT2D eigenvalue weighted by molar-refractivity contribution is 5.96. The van der Waals surface area contributed by atoms with E-state index in [0.29, 0.717) is 12.2 Å². The smallest absolute Gasteiger partial charge is 0.164 e. The molecule has 3 heteroatoms. The molecule has 0 aromatic heterocycles. The van der Waals surface area contributed by atoms with Crippen molar-refractivity contribution in [2.75, 3.05) is 31.5 Å². The van der Waals surface area contributed by atoms with Crippen LogP contribution in [0.3, 0.4) is 0 Å².